The number of nitrogens with zero attached hydrogens (tertiary/aromatic N) is 6. The molecule has 4 saturated heterocycles. The average Bonchev–Trinajstić information content (AvgIpc) is 3.48. The highest BCUT2D eigenvalue weighted by molar-refractivity contribution is 6.30. The van der Waals surface area contributed by atoms with E-state index in [-0.39, 0.29) is 60.0 Å². The maximum absolute atomic E-state index is 15.2. The summed E-state index contributed by atoms with van der Waals surface area (Å²) in [4.78, 5) is 31.7. The van der Waals surface area contributed by atoms with Crippen LogP contribution in [-0.2, 0) is 4.74 Å². The van der Waals surface area contributed by atoms with E-state index in [2.05, 4.69) is 21.5 Å². The van der Waals surface area contributed by atoms with E-state index in [1.54, 1.807) is 4.90 Å². The van der Waals surface area contributed by atoms with Crippen LogP contribution < -0.4 is 9.64 Å². The standard InChI is InChI=1S/C28H32ClF3N6O3/c1-15-7-28(8-16(23(31)32)11-37(28)10-15)14-40-25-34-21-19(9-33-22(29)20(21)30)24(35-25)36-12-17-5-6-18(13-36)38(17)26(39)41-27(2,3)4/h9,17-18H,1,5-8,10-14H2,2-4H3. The van der Waals surface area contributed by atoms with E-state index in [0.717, 1.165) is 18.4 Å². The van der Waals surface area contributed by atoms with Gasteiger partial charge in [0.25, 0.3) is 6.08 Å². The van der Waals surface area contributed by atoms with Gasteiger partial charge >= 0.3 is 12.1 Å². The molecule has 6 heterocycles. The van der Waals surface area contributed by atoms with Gasteiger partial charge < -0.3 is 14.4 Å². The molecule has 4 aliphatic rings. The lowest BCUT2D eigenvalue weighted by Crippen LogP contribution is -2.57. The van der Waals surface area contributed by atoms with Gasteiger partial charge in [-0.25, -0.2) is 14.2 Å². The van der Waals surface area contributed by atoms with Crippen molar-refractivity contribution in [3.8, 4) is 6.01 Å². The molecule has 4 fully saturated rings. The predicted octanol–water partition coefficient (Wildman–Crippen LogP) is 5.34. The highest BCUT2D eigenvalue weighted by Gasteiger charge is 2.50. The zero-order valence-corrected chi connectivity index (χ0v) is 24.0. The van der Waals surface area contributed by atoms with Crippen molar-refractivity contribution in [2.75, 3.05) is 37.7 Å². The van der Waals surface area contributed by atoms with Crippen molar-refractivity contribution in [3.05, 3.63) is 41.0 Å². The van der Waals surface area contributed by atoms with Gasteiger partial charge in [0.15, 0.2) is 11.0 Å². The van der Waals surface area contributed by atoms with Gasteiger partial charge in [-0.05, 0) is 46.5 Å². The summed E-state index contributed by atoms with van der Waals surface area (Å²) in [7, 11) is 0. The first-order valence-corrected chi connectivity index (χ1v) is 14.1. The topological polar surface area (TPSA) is 83.9 Å². The number of fused-ring (bicyclic) bond motifs is 4. The number of pyridine rings is 1. The van der Waals surface area contributed by atoms with Crippen LogP contribution in [0.3, 0.4) is 0 Å². The number of rotatable bonds is 4. The van der Waals surface area contributed by atoms with Crippen molar-refractivity contribution >= 4 is 34.4 Å². The van der Waals surface area contributed by atoms with Crippen LogP contribution in [0.1, 0.15) is 46.5 Å². The molecular formula is C28H32ClF3N6O3. The molecule has 13 heteroatoms. The van der Waals surface area contributed by atoms with Gasteiger partial charge in [-0.15, -0.1) is 0 Å². The third-order valence-electron chi connectivity index (χ3n) is 8.31. The first-order chi connectivity index (χ1) is 19.3. The van der Waals surface area contributed by atoms with Gasteiger partial charge in [0.05, 0.1) is 23.0 Å². The van der Waals surface area contributed by atoms with E-state index in [1.165, 1.54) is 6.20 Å². The Bertz CT molecular complexity index is 1450. The monoisotopic (exact) mass is 592 g/mol. The van der Waals surface area contributed by atoms with E-state index >= 15 is 4.39 Å². The quantitative estimate of drug-likeness (QED) is 0.348. The van der Waals surface area contributed by atoms with Crippen LogP contribution in [0, 0.1) is 5.82 Å². The molecule has 0 spiro atoms. The Kier molecular flexibility index (Phi) is 6.84. The van der Waals surface area contributed by atoms with Crippen molar-refractivity contribution < 1.29 is 27.4 Å². The molecule has 1 amide bonds. The largest absolute Gasteiger partial charge is 0.461 e. The normalized spacial score (nSPS) is 26.2. The Labute approximate surface area is 241 Å². The molecule has 0 aliphatic carbocycles. The SMILES string of the molecule is C=C1CN2CC(=C(F)F)CC2(COc2nc(N3CC4CCC(C3)N4C(=O)OC(C)(C)C)c3cnc(Cl)c(F)c3n2)C1. The Morgan fingerprint density at radius 2 is 1.88 bits per heavy atom. The molecule has 4 aliphatic heterocycles. The minimum absolute atomic E-state index is 0.0336. The number of piperazine rings is 1. The van der Waals surface area contributed by atoms with Crippen molar-refractivity contribution in [1.29, 1.82) is 0 Å². The molecule has 9 nitrogen and oxygen atoms in total. The van der Waals surface area contributed by atoms with Crippen molar-refractivity contribution in [2.24, 2.45) is 0 Å². The van der Waals surface area contributed by atoms with Gasteiger partial charge in [-0.2, -0.15) is 18.7 Å². The number of aromatic nitrogens is 3. The summed E-state index contributed by atoms with van der Waals surface area (Å²) < 4.78 is 53.9. The highest BCUT2D eigenvalue weighted by Crippen LogP contribution is 2.45. The molecule has 220 valence electrons. The van der Waals surface area contributed by atoms with Crippen LogP contribution >= 0.6 is 11.6 Å². The molecule has 3 unspecified atom stereocenters. The Balaban J connectivity index is 1.30. The van der Waals surface area contributed by atoms with E-state index in [0.29, 0.717) is 37.3 Å². The zero-order chi connectivity index (χ0) is 29.3. The van der Waals surface area contributed by atoms with Gasteiger partial charge in [-0.1, -0.05) is 23.8 Å². The Morgan fingerprint density at radius 1 is 1.17 bits per heavy atom. The Hall–Kier alpha value is -3.12. The molecule has 0 N–H and O–H groups in total. The smallest absolute Gasteiger partial charge is 0.410 e. The molecule has 41 heavy (non-hydrogen) atoms. The van der Waals surface area contributed by atoms with Crippen LogP contribution in [0.5, 0.6) is 6.01 Å². The number of anilines is 1. The highest BCUT2D eigenvalue weighted by atomic mass is 35.5. The maximum atomic E-state index is 15.2. The number of ether oxygens (including phenoxy) is 2. The second kappa shape index (κ2) is 10.0. The number of hydrogen-bond donors (Lipinski definition) is 0. The Morgan fingerprint density at radius 3 is 2.54 bits per heavy atom. The third-order valence-corrected chi connectivity index (χ3v) is 8.58. The summed E-state index contributed by atoms with van der Waals surface area (Å²) in [6, 6.07) is -0.306. The second-order valence-corrected chi connectivity index (χ2v) is 12.8. The number of carbonyl (C=O) groups excluding carboxylic acids is 1. The molecule has 2 aromatic rings. The van der Waals surface area contributed by atoms with Crippen LogP contribution in [0.4, 0.5) is 23.8 Å². The van der Waals surface area contributed by atoms with Gasteiger partial charge in [0.2, 0.25) is 0 Å². The molecule has 0 saturated carbocycles. The van der Waals surface area contributed by atoms with Crippen molar-refractivity contribution in [3.63, 3.8) is 0 Å². The summed E-state index contributed by atoms with van der Waals surface area (Å²) in [5.74, 6) is -0.381. The minimum atomic E-state index is -1.67. The average molecular weight is 593 g/mol. The van der Waals surface area contributed by atoms with Crippen LogP contribution in [0.2, 0.25) is 5.15 Å². The molecule has 0 radical (unpaired) electrons. The molecule has 0 aromatic carbocycles. The summed E-state index contributed by atoms with van der Waals surface area (Å²) in [6.45, 7) is 11.1. The molecule has 6 rings (SSSR count). The molecule has 3 atom stereocenters. The van der Waals surface area contributed by atoms with E-state index < -0.39 is 23.0 Å². The molecule has 2 aromatic heterocycles. The summed E-state index contributed by atoms with van der Waals surface area (Å²) in [6.07, 6.45) is 1.67. The lowest BCUT2D eigenvalue weighted by molar-refractivity contribution is 0.0122. The van der Waals surface area contributed by atoms with E-state index in [9.17, 15) is 13.6 Å². The minimum Gasteiger partial charge on any atom is -0.461 e. The molecule has 2 bridgehead atoms. The summed E-state index contributed by atoms with van der Waals surface area (Å²) in [5.41, 5.74) is -0.324. The van der Waals surface area contributed by atoms with Crippen molar-refractivity contribution in [1.82, 2.24) is 24.8 Å². The first-order valence-electron chi connectivity index (χ1n) is 13.7. The fourth-order valence-electron chi connectivity index (χ4n) is 6.66. The summed E-state index contributed by atoms with van der Waals surface area (Å²) in [5, 5.41) is 0.0350. The number of hydrogen-bond acceptors (Lipinski definition) is 8. The molecular weight excluding hydrogens is 561 g/mol. The number of amides is 1. The third kappa shape index (κ3) is 5.09. The lowest BCUT2D eigenvalue weighted by Gasteiger charge is -2.42. The van der Waals surface area contributed by atoms with Crippen molar-refractivity contribution in [2.45, 2.75) is 69.7 Å². The van der Waals surface area contributed by atoms with Crippen LogP contribution in [-0.4, -0.2) is 86.9 Å². The number of carbonyl (C=O) groups is 1. The zero-order valence-electron chi connectivity index (χ0n) is 23.2. The van der Waals surface area contributed by atoms with Crippen LogP contribution in [0.25, 0.3) is 10.9 Å². The van der Waals surface area contributed by atoms with E-state index in [1.807, 2.05) is 30.6 Å². The van der Waals surface area contributed by atoms with Gasteiger partial charge in [0.1, 0.15) is 23.5 Å². The van der Waals surface area contributed by atoms with E-state index in [4.69, 9.17) is 21.1 Å². The van der Waals surface area contributed by atoms with Gasteiger partial charge in [-0.3, -0.25) is 9.80 Å². The second-order valence-electron chi connectivity index (χ2n) is 12.5. The lowest BCUT2D eigenvalue weighted by atomic mass is 9.92. The summed E-state index contributed by atoms with van der Waals surface area (Å²) >= 11 is 6.00. The maximum Gasteiger partial charge on any atom is 0.410 e. The van der Waals surface area contributed by atoms with Gasteiger partial charge in [0, 0.05) is 37.9 Å². The first kappa shape index (κ1) is 28.0. The fraction of sp³-hybridized carbons (Fsp3) is 0.571. The predicted molar refractivity (Wildman–Crippen MR) is 147 cm³/mol. The number of halogens is 4. The van der Waals surface area contributed by atoms with Crippen LogP contribution in [0.15, 0.2) is 30.0 Å². The fourth-order valence-corrected chi connectivity index (χ4v) is 6.80.